The Morgan fingerprint density at radius 2 is 2.03 bits per heavy atom. The van der Waals surface area contributed by atoms with Crippen LogP contribution < -0.4 is 15.2 Å². The molecule has 0 bridgehead atoms. The molecule has 0 saturated heterocycles. The number of carbonyl (C=O) groups excluding carboxylic acids is 1. The molecule has 8 nitrogen and oxygen atoms in total. The second-order valence-electron chi connectivity index (χ2n) is 8.28. The second kappa shape index (κ2) is 9.84. The summed E-state index contributed by atoms with van der Waals surface area (Å²) in [5, 5.41) is 0. The number of ether oxygens (including phenoxy) is 3. The van der Waals surface area contributed by atoms with E-state index in [9.17, 15) is 9.59 Å². The van der Waals surface area contributed by atoms with Crippen LogP contribution in [0.4, 0.5) is 4.79 Å². The fourth-order valence-electron chi connectivity index (χ4n) is 4.41. The van der Waals surface area contributed by atoms with Crippen molar-refractivity contribution >= 4 is 33.5 Å². The van der Waals surface area contributed by atoms with Gasteiger partial charge in [-0.25, -0.2) is 0 Å². The van der Waals surface area contributed by atoms with Crippen LogP contribution in [-0.4, -0.2) is 49.7 Å². The number of fused-ring (bicyclic) bond motifs is 1. The van der Waals surface area contributed by atoms with Gasteiger partial charge in [0.25, 0.3) is 0 Å². The van der Waals surface area contributed by atoms with Crippen molar-refractivity contribution in [3.05, 3.63) is 52.4 Å². The number of aromatic nitrogens is 3. The minimum atomic E-state index is -0.279. The molecule has 1 aromatic carbocycles. The van der Waals surface area contributed by atoms with E-state index in [0.717, 1.165) is 42.5 Å². The first-order valence-corrected chi connectivity index (χ1v) is 11.0. The molecule has 3 aromatic rings. The van der Waals surface area contributed by atoms with Crippen LogP contribution in [0, 0.1) is 5.92 Å². The monoisotopic (exact) mass is 431 g/mol. The Kier molecular flexibility index (Phi) is 6.92. The fourth-order valence-corrected chi connectivity index (χ4v) is 4.41. The zero-order valence-electron chi connectivity index (χ0n) is 18.7. The molecular weight excluding hydrogens is 405 g/mol. The van der Waals surface area contributed by atoms with Gasteiger partial charge in [0.1, 0.15) is 5.75 Å². The van der Waals surface area contributed by atoms with Crippen molar-refractivity contribution < 1.29 is 19.0 Å². The number of rotatable bonds is 7. The van der Waals surface area contributed by atoms with E-state index < -0.39 is 0 Å². The molecule has 2 aromatic heterocycles. The Labute approximate surface area is 195 Å². The third kappa shape index (κ3) is 4.87. The van der Waals surface area contributed by atoms with Crippen LogP contribution in [-0.2, 0) is 24.9 Å². The van der Waals surface area contributed by atoms with E-state index >= 15 is 0 Å². The number of pyridine rings is 1. The standard InChI is InChI=1S/C23H26N3O5.Li/c1-25-19-10-11-21(30-14-16-6-5-8-18(12-16)29-2)24-22(19)26(23(25)28)13-17-7-3-4-9-20(17)31-15-27;/h5-6,8,10-12,17,20H,3-4,7,9,13-14H2,1-2H3;. The summed E-state index contributed by atoms with van der Waals surface area (Å²) in [5.41, 5.74) is 2.14. The molecule has 2 heterocycles. The van der Waals surface area contributed by atoms with Crippen molar-refractivity contribution in [2.75, 3.05) is 7.11 Å². The summed E-state index contributed by atoms with van der Waals surface area (Å²) in [6.45, 7) is 0.796. The normalized spacial score (nSPS) is 18.5. The molecule has 2 atom stereocenters. The van der Waals surface area contributed by atoms with Gasteiger partial charge in [0.2, 0.25) is 0 Å². The van der Waals surface area contributed by atoms with Crippen LogP contribution in [0.15, 0.2) is 41.2 Å². The van der Waals surface area contributed by atoms with Gasteiger partial charge in [0, 0.05) is 0 Å². The van der Waals surface area contributed by atoms with E-state index in [2.05, 4.69) is 4.98 Å². The van der Waals surface area contributed by atoms with Crippen molar-refractivity contribution in [1.29, 1.82) is 0 Å². The zero-order valence-corrected chi connectivity index (χ0v) is 18.7. The first-order chi connectivity index (χ1) is 15.5. The summed E-state index contributed by atoms with van der Waals surface area (Å²) in [7, 11) is 3.37. The van der Waals surface area contributed by atoms with Gasteiger partial charge >= 0.3 is 154 Å². The summed E-state index contributed by atoms with van der Waals surface area (Å²) in [4.78, 5) is 29.2. The Bertz CT molecular complexity index is 1170. The molecule has 1 saturated carbocycles. The van der Waals surface area contributed by atoms with Crippen molar-refractivity contribution in [2.45, 2.75) is 44.9 Å². The van der Waals surface area contributed by atoms with E-state index in [1.54, 1.807) is 29.4 Å². The second-order valence-corrected chi connectivity index (χ2v) is 8.28. The van der Waals surface area contributed by atoms with Crippen molar-refractivity contribution in [3.63, 3.8) is 0 Å². The molecule has 2 unspecified atom stereocenters. The summed E-state index contributed by atoms with van der Waals surface area (Å²) >= 11 is 1.43. The summed E-state index contributed by atoms with van der Waals surface area (Å²) in [6, 6.07) is 11.3. The van der Waals surface area contributed by atoms with Gasteiger partial charge < -0.3 is 4.74 Å². The van der Waals surface area contributed by atoms with Crippen LogP contribution in [0.5, 0.6) is 11.6 Å². The van der Waals surface area contributed by atoms with Gasteiger partial charge in [-0.1, -0.05) is 12.1 Å². The average Bonchev–Trinajstić information content (AvgIpc) is 3.03. The van der Waals surface area contributed by atoms with Crippen LogP contribution in [0.25, 0.3) is 11.2 Å². The van der Waals surface area contributed by atoms with E-state index in [-0.39, 0.29) is 22.4 Å². The molecule has 4 rings (SSSR count). The van der Waals surface area contributed by atoms with E-state index in [1.807, 2.05) is 30.3 Å². The molecule has 0 N–H and O–H groups in total. The Balaban J connectivity index is 1.59. The Hall–Kier alpha value is -2.69. The third-order valence-electron chi connectivity index (χ3n) is 6.06. The van der Waals surface area contributed by atoms with Crippen LogP contribution in [0.2, 0.25) is 0 Å². The fraction of sp³-hybridized carbons (Fsp3) is 0.435. The number of methoxy groups -OCH3 is 1. The molecule has 32 heavy (non-hydrogen) atoms. The van der Waals surface area contributed by atoms with Gasteiger partial charge in [0.05, 0.1) is 7.11 Å². The topological polar surface area (TPSA) is 84.6 Å². The summed E-state index contributed by atoms with van der Waals surface area (Å²) < 4.78 is 19.7. The molecule has 0 radical (unpaired) electrons. The third-order valence-corrected chi connectivity index (χ3v) is 6.06. The molecule has 164 valence electrons. The number of aryl methyl sites for hydroxylation is 1. The van der Waals surface area contributed by atoms with Crippen molar-refractivity contribution in [2.24, 2.45) is 13.0 Å². The Morgan fingerprint density at radius 1 is 1.22 bits per heavy atom. The molecule has 0 aliphatic heterocycles. The van der Waals surface area contributed by atoms with Crippen molar-refractivity contribution in [1.82, 2.24) is 14.1 Å². The van der Waals surface area contributed by atoms with Crippen LogP contribution >= 0.6 is 0 Å². The van der Waals surface area contributed by atoms with E-state index in [1.165, 1.54) is 17.7 Å². The number of hydrogen-bond acceptors (Lipinski definition) is 6. The zero-order chi connectivity index (χ0) is 22.7. The molecule has 1 aliphatic carbocycles. The number of benzene rings is 1. The van der Waals surface area contributed by atoms with Gasteiger partial charge in [0.15, 0.2) is 0 Å². The molecule has 1 aliphatic rings. The molecular formula is C23H26LiN3O5. The maximum absolute atomic E-state index is 13.0. The first kappa shape index (κ1) is 22.5. The van der Waals surface area contributed by atoms with Gasteiger partial charge in [-0.3, -0.25) is 0 Å². The predicted molar refractivity (Wildman–Crippen MR) is 120 cm³/mol. The maximum atomic E-state index is 13.0. The first-order valence-electron chi connectivity index (χ1n) is 11.0. The number of hydrogen-bond donors (Lipinski definition) is 0. The van der Waals surface area contributed by atoms with Crippen molar-refractivity contribution in [3.8, 4) is 11.6 Å². The minimum absolute atomic E-state index is 0.0825. The predicted octanol–water partition coefficient (Wildman–Crippen LogP) is 3.19. The number of nitrogens with zero attached hydrogens (tertiary/aromatic N) is 3. The summed E-state index contributed by atoms with van der Waals surface area (Å²) in [6.07, 6.45) is 3.65. The van der Waals surface area contributed by atoms with Crippen LogP contribution in [0.1, 0.15) is 31.2 Å². The molecule has 1 fully saturated rings. The SMILES string of the molecule is [Li][C](=O)OC1CCCCC1Cn1c(=O)n(C)c2ccc(OCc3cccc(OC)c3)nc21. The average molecular weight is 431 g/mol. The van der Waals surface area contributed by atoms with Gasteiger partial charge in [-0.05, 0) is 12.1 Å². The molecule has 9 heteroatoms. The quantitative estimate of drug-likeness (QED) is 0.534. The van der Waals surface area contributed by atoms with Crippen LogP contribution in [0.3, 0.4) is 0 Å². The summed E-state index contributed by atoms with van der Waals surface area (Å²) in [5.74, 6) is 1.29. The van der Waals surface area contributed by atoms with E-state index in [0.29, 0.717) is 24.7 Å². The number of imidazole rings is 1. The number of carbonyl (C=O) groups is 1. The molecule has 0 spiro atoms. The molecule has 0 amide bonds. The van der Waals surface area contributed by atoms with E-state index in [4.69, 9.17) is 14.2 Å². The van der Waals surface area contributed by atoms with Gasteiger partial charge in [-0.2, -0.15) is 0 Å². The van der Waals surface area contributed by atoms with Gasteiger partial charge in [-0.15, -0.1) is 0 Å². The Morgan fingerprint density at radius 3 is 2.81 bits per heavy atom.